The highest BCUT2D eigenvalue weighted by atomic mass is 16.1. The zero-order valence-electron chi connectivity index (χ0n) is 10.7. The van der Waals surface area contributed by atoms with Crippen LogP contribution in [0.15, 0.2) is 0 Å². The van der Waals surface area contributed by atoms with Gasteiger partial charge in [0.25, 0.3) is 0 Å². The smallest absolute Gasteiger partial charge is 0.135 e. The fourth-order valence-electron chi connectivity index (χ4n) is 1.07. The summed E-state index contributed by atoms with van der Waals surface area (Å²) in [6.07, 6.45) is 5.80. The van der Waals surface area contributed by atoms with Crippen LogP contribution in [-0.2, 0) is 4.79 Å². The molecule has 0 aromatic heterocycles. The molecule has 0 heterocycles. The maximum Gasteiger partial charge on any atom is 0.135 e. The van der Waals surface area contributed by atoms with E-state index in [9.17, 15) is 4.79 Å². The molecule has 1 fully saturated rings. The van der Waals surface area contributed by atoms with Crippen molar-refractivity contribution in [3.63, 3.8) is 0 Å². The Morgan fingerprint density at radius 1 is 1.29 bits per heavy atom. The molecule has 0 N–H and O–H groups in total. The summed E-state index contributed by atoms with van der Waals surface area (Å²) in [6.45, 7) is 12.0. The van der Waals surface area contributed by atoms with Crippen molar-refractivity contribution in [1.82, 2.24) is 0 Å². The van der Waals surface area contributed by atoms with E-state index in [-0.39, 0.29) is 11.2 Å². The monoisotopic (exact) mass is 198 g/mol. The minimum absolute atomic E-state index is 0.139. The molecule has 0 bridgehead atoms. The number of ketones is 1. The van der Waals surface area contributed by atoms with E-state index in [1.807, 2.05) is 20.8 Å². The molecule has 0 amide bonds. The molecule has 0 aliphatic heterocycles. The van der Waals surface area contributed by atoms with Gasteiger partial charge in [-0.05, 0) is 31.6 Å². The first kappa shape index (κ1) is 13.7. The van der Waals surface area contributed by atoms with Crippen molar-refractivity contribution in [2.45, 2.75) is 67.2 Å². The van der Waals surface area contributed by atoms with Crippen LogP contribution in [0.3, 0.4) is 0 Å². The van der Waals surface area contributed by atoms with Crippen LogP contribution in [0.4, 0.5) is 0 Å². The molecule has 14 heavy (non-hydrogen) atoms. The van der Waals surface area contributed by atoms with E-state index in [0.29, 0.717) is 0 Å². The van der Waals surface area contributed by atoms with E-state index >= 15 is 0 Å². The first-order valence-electron chi connectivity index (χ1n) is 5.72. The summed E-state index contributed by atoms with van der Waals surface area (Å²) < 4.78 is 0. The average molecular weight is 198 g/mol. The Hall–Kier alpha value is -0.330. The van der Waals surface area contributed by atoms with Crippen LogP contribution in [-0.4, -0.2) is 5.78 Å². The topological polar surface area (TPSA) is 17.1 Å². The lowest BCUT2D eigenvalue weighted by Gasteiger charge is -2.11. The molecule has 84 valence electrons. The van der Waals surface area contributed by atoms with Gasteiger partial charge in [0, 0.05) is 5.41 Å². The van der Waals surface area contributed by atoms with Crippen LogP contribution < -0.4 is 0 Å². The van der Waals surface area contributed by atoms with Crippen molar-refractivity contribution in [2.24, 2.45) is 10.8 Å². The second-order valence-electron chi connectivity index (χ2n) is 5.87. The molecule has 1 rings (SSSR count). The van der Waals surface area contributed by atoms with E-state index < -0.39 is 0 Å². The molecular formula is C13H26O. The average Bonchev–Trinajstić information content (AvgIpc) is 2.67. The SMILES string of the molecule is CC(=O)C(C)(C)C.CCCC1(C)CC1. The molecule has 0 saturated heterocycles. The molecule has 1 nitrogen and oxygen atoms in total. The number of hydrogen-bond donors (Lipinski definition) is 0. The zero-order valence-corrected chi connectivity index (χ0v) is 10.7. The Balaban J connectivity index is 0.000000241. The van der Waals surface area contributed by atoms with Crippen LogP contribution in [0.25, 0.3) is 0 Å². The molecule has 0 radical (unpaired) electrons. The summed E-state index contributed by atoms with van der Waals surface area (Å²) in [4.78, 5) is 10.5. The third-order valence-electron chi connectivity index (χ3n) is 3.01. The van der Waals surface area contributed by atoms with Crippen molar-refractivity contribution >= 4 is 5.78 Å². The van der Waals surface area contributed by atoms with E-state index in [0.717, 1.165) is 5.41 Å². The Bertz CT molecular complexity index is 182. The number of Topliss-reactive ketones (excluding diaryl/α,β-unsaturated/α-hetero) is 1. The van der Waals surface area contributed by atoms with Crippen LogP contribution in [0.5, 0.6) is 0 Å². The molecule has 1 aliphatic carbocycles. The predicted octanol–water partition coefficient (Wildman–Crippen LogP) is 4.21. The molecule has 1 heteroatoms. The van der Waals surface area contributed by atoms with Gasteiger partial charge in [0.05, 0.1) is 0 Å². The van der Waals surface area contributed by atoms with Gasteiger partial charge in [-0.1, -0.05) is 41.0 Å². The second kappa shape index (κ2) is 4.95. The van der Waals surface area contributed by atoms with Gasteiger partial charge in [-0.25, -0.2) is 0 Å². The molecule has 0 aromatic rings. The Morgan fingerprint density at radius 2 is 1.64 bits per heavy atom. The van der Waals surface area contributed by atoms with Gasteiger partial charge in [-0.15, -0.1) is 0 Å². The number of carbonyl (C=O) groups excluding carboxylic acids is 1. The van der Waals surface area contributed by atoms with Crippen molar-refractivity contribution in [2.75, 3.05) is 0 Å². The summed E-state index contributed by atoms with van der Waals surface area (Å²) in [6, 6.07) is 0. The number of carbonyl (C=O) groups is 1. The normalized spacial score (nSPS) is 18.1. The lowest BCUT2D eigenvalue weighted by atomic mass is 9.92. The lowest BCUT2D eigenvalue weighted by molar-refractivity contribution is -0.124. The van der Waals surface area contributed by atoms with Crippen molar-refractivity contribution in [1.29, 1.82) is 0 Å². The summed E-state index contributed by atoms with van der Waals surface area (Å²) in [5, 5.41) is 0. The minimum atomic E-state index is -0.139. The van der Waals surface area contributed by atoms with Gasteiger partial charge < -0.3 is 0 Å². The van der Waals surface area contributed by atoms with Crippen LogP contribution in [0, 0.1) is 10.8 Å². The Kier molecular flexibility index (Phi) is 4.83. The van der Waals surface area contributed by atoms with Gasteiger partial charge in [0.2, 0.25) is 0 Å². The fraction of sp³-hybridized carbons (Fsp3) is 0.923. The third kappa shape index (κ3) is 6.17. The van der Waals surface area contributed by atoms with Crippen LogP contribution >= 0.6 is 0 Å². The molecule has 1 saturated carbocycles. The van der Waals surface area contributed by atoms with Crippen molar-refractivity contribution in [3.05, 3.63) is 0 Å². The van der Waals surface area contributed by atoms with E-state index in [1.54, 1.807) is 6.92 Å². The van der Waals surface area contributed by atoms with Gasteiger partial charge >= 0.3 is 0 Å². The van der Waals surface area contributed by atoms with E-state index in [2.05, 4.69) is 13.8 Å². The van der Waals surface area contributed by atoms with Crippen LogP contribution in [0.2, 0.25) is 0 Å². The third-order valence-corrected chi connectivity index (χ3v) is 3.01. The highest BCUT2D eigenvalue weighted by Gasteiger charge is 2.35. The highest BCUT2D eigenvalue weighted by molar-refractivity contribution is 5.80. The summed E-state index contributed by atoms with van der Waals surface area (Å²) >= 11 is 0. The highest BCUT2D eigenvalue weighted by Crippen LogP contribution is 2.48. The zero-order chi connectivity index (χ0) is 11.4. The summed E-state index contributed by atoms with van der Waals surface area (Å²) in [5.74, 6) is 0.243. The van der Waals surface area contributed by atoms with Crippen molar-refractivity contribution in [3.8, 4) is 0 Å². The molecule has 0 spiro atoms. The van der Waals surface area contributed by atoms with E-state index in [1.165, 1.54) is 25.7 Å². The second-order valence-corrected chi connectivity index (χ2v) is 5.87. The molecule has 1 aliphatic rings. The summed E-state index contributed by atoms with van der Waals surface area (Å²) in [5.41, 5.74) is 0.661. The quantitative estimate of drug-likeness (QED) is 0.649. The predicted molar refractivity (Wildman–Crippen MR) is 62.4 cm³/mol. The van der Waals surface area contributed by atoms with Crippen molar-refractivity contribution < 1.29 is 4.79 Å². The van der Waals surface area contributed by atoms with Gasteiger partial charge in [0.15, 0.2) is 0 Å². The molecule has 0 atom stereocenters. The molecular weight excluding hydrogens is 172 g/mol. The maximum atomic E-state index is 10.5. The maximum absolute atomic E-state index is 10.5. The molecule has 0 aromatic carbocycles. The summed E-state index contributed by atoms with van der Waals surface area (Å²) in [7, 11) is 0. The standard InChI is InChI=1S/C7H14.C6H12O/c1-3-4-7(2)5-6-7;1-5(7)6(2,3)4/h3-6H2,1-2H3;1-4H3. The first-order chi connectivity index (χ1) is 6.21. The largest absolute Gasteiger partial charge is 0.299 e. The number of rotatable bonds is 2. The Labute approximate surface area is 89.3 Å². The lowest BCUT2D eigenvalue weighted by Crippen LogP contribution is -2.15. The van der Waals surface area contributed by atoms with Gasteiger partial charge in [0.1, 0.15) is 5.78 Å². The number of hydrogen-bond acceptors (Lipinski definition) is 1. The minimum Gasteiger partial charge on any atom is -0.299 e. The van der Waals surface area contributed by atoms with Gasteiger partial charge in [-0.3, -0.25) is 4.79 Å². The molecule has 0 unspecified atom stereocenters. The van der Waals surface area contributed by atoms with E-state index in [4.69, 9.17) is 0 Å². The van der Waals surface area contributed by atoms with Gasteiger partial charge in [-0.2, -0.15) is 0 Å². The van der Waals surface area contributed by atoms with Crippen LogP contribution in [0.1, 0.15) is 67.2 Å². The Morgan fingerprint density at radius 3 is 1.71 bits per heavy atom. The fourth-order valence-corrected chi connectivity index (χ4v) is 1.07. The first-order valence-corrected chi connectivity index (χ1v) is 5.72.